The number of rotatable bonds is 2. The Morgan fingerprint density at radius 1 is 1.50 bits per heavy atom. The zero-order valence-electron chi connectivity index (χ0n) is 9.06. The Morgan fingerprint density at radius 3 is 3.25 bits per heavy atom. The molecule has 0 radical (unpaired) electrons. The maximum atomic E-state index is 5.42. The van der Waals surface area contributed by atoms with E-state index in [0.717, 1.165) is 35.7 Å². The van der Waals surface area contributed by atoms with Gasteiger partial charge in [-0.3, -0.25) is 0 Å². The van der Waals surface area contributed by atoms with Gasteiger partial charge in [0.1, 0.15) is 12.1 Å². The minimum absolute atomic E-state index is 0.00523. The van der Waals surface area contributed by atoms with Crippen LogP contribution >= 0.6 is 11.3 Å². The summed E-state index contributed by atoms with van der Waals surface area (Å²) in [6.45, 7) is 3.73. The van der Waals surface area contributed by atoms with Crippen LogP contribution in [0.4, 0.5) is 5.82 Å². The Bertz CT molecular complexity index is 505. The molecular formula is C11H13N3OS. The minimum Gasteiger partial charge on any atom is -0.379 e. The van der Waals surface area contributed by atoms with Crippen LogP contribution in [0.25, 0.3) is 10.2 Å². The molecule has 2 aromatic heterocycles. The molecule has 2 aromatic rings. The van der Waals surface area contributed by atoms with Crippen LogP contribution in [-0.2, 0) is 4.74 Å². The fraction of sp³-hybridized carbons (Fsp3) is 0.455. The Balaban J connectivity index is 1.96. The summed E-state index contributed by atoms with van der Waals surface area (Å²) >= 11 is 1.67. The van der Waals surface area contributed by atoms with E-state index < -0.39 is 0 Å². The molecule has 0 bridgehead atoms. The van der Waals surface area contributed by atoms with Crippen molar-refractivity contribution in [1.29, 1.82) is 0 Å². The molecule has 0 aliphatic carbocycles. The van der Waals surface area contributed by atoms with Gasteiger partial charge >= 0.3 is 0 Å². The van der Waals surface area contributed by atoms with E-state index >= 15 is 0 Å². The van der Waals surface area contributed by atoms with Crippen molar-refractivity contribution in [2.24, 2.45) is 0 Å². The first-order valence-electron chi connectivity index (χ1n) is 5.31. The van der Waals surface area contributed by atoms with Crippen molar-refractivity contribution in [3.05, 3.63) is 17.8 Å². The maximum Gasteiger partial charge on any atom is 0.147 e. The molecule has 84 valence electrons. The fourth-order valence-electron chi connectivity index (χ4n) is 1.93. The molecular weight excluding hydrogens is 222 g/mol. The standard InChI is InChI=1S/C11H13N3OS/c1-11(3-4-15-6-11)14-10-9-8(2-5-16-9)12-7-13-10/h2,5,7H,3-4,6H2,1H3,(H,12,13,14). The molecule has 1 fully saturated rings. The number of nitrogens with one attached hydrogen (secondary N) is 1. The monoisotopic (exact) mass is 235 g/mol. The average Bonchev–Trinajstić information content (AvgIpc) is 2.87. The summed E-state index contributed by atoms with van der Waals surface area (Å²) < 4.78 is 6.54. The Morgan fingerprint density at radius 2 is 2.44 bits per heavy atom. The van der Waals surface area contributed by atoms with Gasteiger partial charge in [-0.15, -0.1) is 11.3 Å². The lowest BCUT2D eigenvalue weighted by molar-refractivity contribution is 0.185. The first kappa shape index (κ1) is 9.99. The van der Waals surface area contributed by atoms with Gasteiger partial charge in [0, 0.05) is 6.61 Å². The van der Waals surface area contributed by atoms with Crippen molar-refractivity contribution in [2.75, 3.05) is 18.5 Å². The van der Waals surface area contributed by atoms with E-state index in [9.17, 15) is 0 Å². The van der Waals surface area contributed by atoms with Crippen molar-refractivity contribution in [1.82, 2.24) is 9.97 Å². The molecule has 5 heteroatoms. The number of hydrogen-bond acceptors (Lipinski definition) is 5. The van der Waals surface area contributed by atoms with Gasteiger partial charge in [-0.05, 0) is 24.8 Å². The molecule has 1 unspecified atom stereocenters. The second-order valence-electron chi connectivity index (χ2n) is 4.35. The number of thiophene rings is 1. The third kappa shape index (κ3) is 1.66. The molecule has 1 atom stereocenters. The molecule has 1 aliphatic rings. The van der Waals surface area contributed by atoms with Crippen molar-refractivity contribution >= 4 is 27.4 Å². The molecule has 0 amide bonds. The van der Waals surface area contributed by atoms with Crippen LogP contribution in [0.15, 0.2) is 17.8 Å². The van der Waals surface area contributed by atoms with Crippen LogP contribution in [0.1, 0.15) is 13.3 Å². The number of hydrogen-bond donors (Lipinski definition) is 1. The topological polar surface area (TPSA) is 47.0 Å². The van der Waals surface area contributed by atoms with Crippen molar-refractivity contribution in [3.63, 3.8) is 0 Å². The molecule has 3 heterocycles. The van der Waals surface area contributed by atoms with Crippen molar-refractivity contribution in [2.45, 2.75) is 18.9 Å². The molecule has 3 rings (SSSR count). The highest BCUT2D eigenvalue weighted by atomic mass is 32.1. The molecule has 0 spiro atoms. The normalized spacial score (nSPS) is 25.1. The van der Waals surface area contributed by atoms with E-state index in [1.54, 1.807) is 17.7 Å². The maximum absolute atomic E-state index is 5.42. The number of ether oxygens (including phenoxy) is 1. The van der Waals surface area contributed by atoms with Crippen LogP contribution < -0.4 is 5.32 Å². The summed E-state index contributed by atoms with van der Waals surface area (Å²) in [7, 11) is 0. The summed E-state index contributed by atoms with van der Waals surface area (Å²) in [6, 6.07) is 2.01. The Kier molecular flexibility index (Phi) is 2.29. The highest BCUT2D eigenvalue weighted by Gasteiger charge is 2.30. The third-order valence-corrected chi connectivity index (χ3v) is 3.79. The van der Waals surface area contributed by atoms with Crippen LogP contribution in [-0.4, -0.2) is 28.7 Å². The Hall–Kier alpha value is -1.20. The predicted molar refractivity (Wildman–Crippen MR) is 64.9 cm³/mol. The molecule has 1 saturated heterocycles. The van der Waals surface area contributed by atoms with Gasteiger partial charge in [0.2, 0.25) is 0 Å². The number of nitrogens with zero attached hydrogens (tertiary/aromatic N) is 2. The average molecular weight is 235 g/mol. The molecule has 0 saturated carbocycles. The zero-order valence-corrected chi connectivity index (χ0v) is 9.88. The lowest BCUT2D eigenvalue weighted by Crippen LogP contribution is -2.35. The summed E-state index contributed by atoms with van der Waals surface area (Å²) in [5, 5.41) is 5.52. The summed E-state index contributed by atoms with van der Waals surface area (Å²) in [4.78, 5) is 8.55. The third-order valence-electron chi connectivity index (χ3n) is 2.88. The molecule has 4 nitrogen and oxygen atoms in total. The van der Waals surface area contributed by atoms with E-state index in [2.05, 4.69) is 22.2 Å². The first-order valence-corrected chi connectivity index (χ1v) is 6.19. The molecule has 0 aromatic carbocycles. The SMILES string of the molecule is CC1(Nc2ncnc3ccsc23)CCOC1. The van der Waals surface area contributed by atoms with Gasteiger partial charge in [-0.25, -0.2) is 9.97 Å². The molecule has 1 N–H and O–H groups in total. The van der Waals surface area contributed by atoms with E-state index in [-0.39, 0.29) is 5.54 Å². The lowest BCUT2D eigenvalue weighted by atomic mass is 10.0. The smallest absolute Gasteiger partial charge is 0.147 e. The van der Waals surface area contributed by atoms with Crippen molar-refractivity contribution < 1.29 is 4.74 Å². The lowest BCUT2D eigenvalue weighted by Gasteiger charge is -2.24. The number of anilines is 1. The Labute approximate surface area is 97.7 Å². The summed E-state index contributed by atoms with van der Waals surface area (Å²) in [5.74, 6) is 0.924. The van der Waals surface area contributed by atoms with E-state index in [4.69, 9.17) is 4.74 Å². The van der Waals surface area contributed by atoms with E-state index in [1.807, 2.05) is 11.4 Å². The van der Waals surface area contributed by atoms with Crippen LogP contribution in [0.3, 0.4) is 0 Å². The van der Waals surface area contributed by atoms with E-state index in [0.29, 0.717) is 0 Å². The summed E-state index contributed by atoms with van der Waals surface area (Å²) in [6.07, 6.45) is 2.63. The van der Waals surface area contributed by atoms with Crippen LogP contribution in [0.5, 0.6) is 0 Å². The number of fused-ring (bicyclic) bond motifs is 1. The van der Waals surface area contributed by atoms with Gasteiger partial charge in [0.05, 0.1) is 22.4 Å². The van der Waals surface area contributed by atoms with Crippen molar-refractivity contribution in [3.8, 4) is 0 Å². The molecule has 1 aliphatic heterocycles. The molecule has 16 heavy (non-hydrogen) atoms. The first-order chi connectivity index (χ1) is 7.77. The largest absolute Gasteiger partial charge is 0.379 e. The highest BCUT2D eigenvalue weighted by molar-refractivity contribution is 7.17. The second-order valence-corrected chi connectivity index (χ2v) is 5.26. The van der Waals surface area contributed by atoms with Gasteiger partial charge in [0.15, 0.2) is 0 Å². The van der Waals surface area contributed by atoms with E-state index in [1.165, 1.54) is 0 Å². The van der Waals surface area contributed by atoms with Crippen LogP contribution in [0, 0.1) is 0 Å². The predicted octanol–water partition coefficient (Wildman–Crippen LogP) is 2.28. The number of aromatic nitrogens is 2. The quantitative estimate of drug-likeness (QED) is 0.867. The van der Waals surface area contributed by atoms with Gasteiger partial charge < -0.3 is 10.1 Å². The van der Waals surface area contributed by atoms with Gasteiger partial charge in [-0.1, -0.05) is 0 Å². The van der Waals surface area contributed by atoms with Gasteiger partial charge in [0.25, 0.3) is 0 Å². The zero-order chi connectivity index (χ0) is 11.0. The second kappa shape index (κ2) is 3.68. The fourth-order valence-corrected chi connectivity index (χ4v) is 2.72. The summed E-state index contributed by atoms with van der Waals surface area (Å²) in [5.41, 5.74) is 1.01. The minimum atomic E-state index is 0.00523. The van der Waals surface area contributed by atoms with Crippen LogP contribution in [0.2, 0.25) is 0 Å². The van der Waals surface area contributed by atoms with Gasteiger partial charge in [-0.2, -0.15) is 0 Å². The highest BCUT2D eigenvalue weighted by Crippen LogP contribution is 2.29.